The van der Waals surface area contributed by atoms with Crippen LogP contribution in [0.15, 0.2) is 36.0 Å². The number of nitrogens with two attached hydrogens (primary N) is 1. The van der Waals surface area contributed by atoms with Crippen molar-refractivity contribution in [1.29, 1.82) is 0 Å². The summed E-state index contributed by atoms with van der Waals surface area (Å²) in [7, 11) is 0. The predicted molar refractivity (Wildman–Crippen MR) is 86.9 cm³/mol. The van der Waals surface area contributed by atoms with Gasteiger partial charge in [-0.3, -0.25) is 4.79 Å². The first kappa shape index (κ1) is 15.8. The highest BCUT2D eigenvalue weighted by atomic mass is 16.1. The number of hydrogen-bond acceptors (Lipinski definition) is 3. The van der Waals surface area contributed by atoms with E-state index in [1.807, 2.05) is 6.20 Å². The van der Waals surface area contributed by atoms with Crippen LogP contribution in [0.4, 0.5) is 0 Å². The van der Waals surface area contributed by atoms with Gasteiger partial charge in [-0.05, 0) is 34.7 Å². The van der Waals surface area contributed by atoms with Gasteiger partial charge in [-0.2, -0.15) is 0 Å². The third-order valence-electron chi connectivity index (χ3n) is 4.03. The normalized spacial score (nSPS) is 21.6. The molecule has 0 radical (unpaired) electrons. The van der Waals surface area contributed by atoms with Gasteiger partial charge in [0.2, 0.25) is 0 Å². The Morgan fingerprint density at radius 1 is 1.29 bits per heavy atom. The summed E-state index contributed by atoms with van der Waals surface area (Å²) in [5.41, 5.74) is 9.81. The van der Waals surface area contributed by atoms with Gasteiger partial charge in [0.15, 0.2) is 0 Å². The molecule has 3 N–H and O–H groups in total. The summed E-state index contributed by atoms with van der Waals surface area (Å²) in [6.07, 6.45) is 3.82. The zero-order valence-corrected chi connectivity index (χ0v) is 13.3. The Balaban J connectivity index is 1.92. The largest absolute Gasteiger partial charge is 0.387 e. The van der Waals surface area contributed by atoms with Crippen molar-refractivity contribution in [3.63, 3.8) is 0 Å². The number of benzene rings is 1. The molecule has 0 saturated heterocycles. The van der Waals surface area contributed by atoms with Crippen LogP contribution in [0.5, 0.6) is 0 Å². The van der Waals surface area contributed by atoms with Gasteiger partial charge >= 0.3 is 0 Å². The molecule has 3 heteroatoms. The highest BCUT2D eigenvalue weighted by Crippen LogP contribution is 2.22. The van der Waals surface area contributed by atoms with E-state index in [1.54, 1.807) is 0 Å². The van der Waals surface area contributed by atoms with Gasteiger partial charge in [-0.25, -0.2) is 0 Å². The fourth-order valence-electron chi connectivity index (χ4n) is 2.53. The lowest BCUT2D eigenvalue weighted by Crippen LogP contribution is -2.30. The first-order valence-electron chi connectivity index (χ1n) is 7.65. The van der Waals surface area contributed by atoms with Gasteiger partial charge in [0.25, 0.3) is 0 Å². The number of carbonyl (C=O) groups excluding carboxylic acids is 1. The maximum absolute atomic E-state index is 11.5. The molecule has 0 aromatic heterocycles. The van der Waals surface area contributed by atoms with E-state index in [-0.39, 0.29) is 11.5 Å². The second-order valence-corrected chi connectivity index (χ2v) is 6.91. The van der Waals surface area contributed by atoms with Crippen LogP contribution in [-0.4, -0.2) is 11.8 Å². The molecule has 0 spiro atoms. The molecule has 1 aromatic rings. The average Bonchev–Trinajstić information content (AvgIpc) is 2.42. The van der Waals surface area contributed by atoms with Crippen molar-refractivity contribution >= 4 is 5.78 Å². The van der Waals surface area contributed by atoms with Crippen molar-refractivity contribution in [3.05, 3.63) is 47.2 Å². The van der Waals surface area contributed by atoms with E-state index < -0.39 is 0 Å². The third kappa shape index (κ3) is 4.43. The second-order valence-electron chi connectivity index (χ2n) is 6.91. The van der Waals surface area contributed by atoms with Crippen LogP contribution < -0.4 is 11.1 Å². The first-order valence-corrected chi connectivity index (χ1v) is 7.65. The van der Waals surface area contributed by atoms with Crippen molar-refractivity contribution in [1.82, 2.24) is 5.32 Å². The van der Waals surface area contributed by atoms with Gasteiger partial charge < -0.3 is 11.1 Å². The average molecular weight is 286 g/mol. The third-order valence-corrected chi connectivity index (χ3v) is 4.03. The molecule has 1 saturated carbocycles. The summed E-state index contributed by atoms with van der Waals surface area (Å²) in [5, 5.41) is 3.29. The molecule has 1 aliphatic carbocycles. The van der Waals surface area contributed by atoms with Gasteiger partial charge in [0, 0.05) is 25.4 Å². The second kappa shape index (κ2) is 6.44. The van der Waals surface area contributed by atoms with E-state index >= 15 is 0 Å². The lowest BCUT2D eigenvalue weighted by molar-refractivity contribution is -0.119. The minimum Gasteiger partial charge on any atom is -0.387 e. The summed E-state index contributed by atoms with van der Waals surface area (Å²) < 4.78 is 0. The minimum absolute atomic E-state index is 0.0264. The molecule has 1 aliphatic rings. The highest BCUT2D eigenvalue weighted by molar-refractivity contribution is 5.82. The molecule has 1 aromatic carbocycles. The Kier molecular flexibility index (Phi) is 4.84. The van der Waals surface area contributed by atoms with E-state index in [2.05, 4.69) is 50.4 Å². The Labute approximate surface area is 127 Å². The van der Waals surface area contributed by atoms with Crippen LogP contribution in [0.25, 0.3) is 0 Å². The van der Waals surface area contributed by atoms with E-state index in [0.29, 0.717) is 18.6 Å². The van der Waals surface area contributed by atoms with Crippen molar-refractivity contribution in [2.24, 2.45) is 5.73 Å². The zero-order chi connectivity index (χ0) is 15.5. The summed E-state index contributed by atoms with van der Waals surface area (Å²) in [4.78, 5) is 11.5. The number of nitrogens with one attached hydrogen (secondary N) is 1. The molecule has 1 atom stereocenters. The Morgan fingerprint density at radius 2 is 1.95 bits per heavy atom. The monoisotopic (exact) mass is 286 g/mol. The van der Waals surface area contributed by atoms with E-state index in [4.69, 9.17) is 5.73 Å². The van der Waals surface area contributed by atoms with Crippen molar-refractivity contribution in [2.75, 3.05) is 0 Å². The lowest BCUT2D eigenvalue weighted by atomic mass is 9.87. The van der Waals surface area contributed by atoms with Gasteiger partial charge in [0.1, 0.15) is 5.78 Å². The van der Waals surface area contributed by atoms with E-state index in [9.17, 15) is 4.79 Å². The lowest BCUT2D eigenvalue weighted by Gasteiger charge is -2.21. The fraction of sp³-hybridized carbons (Fsp3) is 0.500. The topological polar surface area (TPSA) is 55.1 Å². The molecule has 3 nitrogen and oxygen atoms in total. The van der Waals surface area contributed by atoms with Crippen LogP contribution in [0.3, 0.4) is 0 Å². The van der Waals surface area contributed by atoms with Gasteiger partial charge in [0.05, 0.1) is 0 Å². The van der Waals surface area contributed by atoms with Gasteiger partial charge in [-0.15, -0.1) is 0 Å². The van der Waals surface area contributed by atoms with Crippen molar-refractivity contribution in [3.8, 4) is 0 Å². The fourth-order valence-corrected chi connectivity index (χ4v) is 2.53. The van der Waals surface area contributed by atoms with Crippen molar-refractivity contribution < 1.29 is 4.79 Å². The molecule has 0 heterocycles. The Morgan fingerprint density at radius 3 is 2.57 bits per heavy atom. The van der Waals surface area contributed by atoms with Crippen molar-refractivity contribution in [2.45, 2.75) is 58.0 Å². The standard InChI is InChI=1S/C18H26N2O/c1-18(2,3)15-6-4-13(5-7-15)11-20-12-14-10-16(21)8-9-17(14)19/h4-7,12,17,20H,8-11,19H2,1-3H3/b14-12-. The molecule has 0 amide bonds. The SMILES string of the molecule is CC(C)(C)c1ccc(CN/C=C2/CC(=O)CCC2N)cc1. The molecular formula is C18H26N2O. The molecular weight excluding hydrogens is 260 g/mol. The summed E-state index contributed by atoms with van der Waals surface area (Å²) in [5.74, 6) is 0.291. The molecule has 0 bridgehead atoms. The van der Waals surface area contributed by atoms with Crippen LogP contribution >= 0.6 is 0 Å². The predicted octanol–water partition coefficient (Wildman–Crippen LogP) is 3.04. The molecule has 1 fully saturated rings. The first-order chi connectivity index (χ1) is 9.86. The number of carbonyl (C=O) groups is 1. The van der Waals surface area contributed by atoms with Crippen LogP contribution in [0.2, 0.25) is 0 Å². The number of Topliss-reactive ketones (excluding diaryl/α,β-unsaturated/α-hetero) is 1. The highest BCUT2D eigenvalue weighted by Gasteiger charge is 2.20. The van der Waals surface area contributed by atoms with E-state index in [1.165, 1.54) is 11.1 Å². The summed E-state index contributed by atoms with van der Waals surface area (Å²) >= 11 is 0. The molecule has 1 unspecified atom stereocenters. The minimum atomic E-state index is 0.0264. The number of rotatable bonds is 3. The molecule has 21 heavy (non-hydrogen) atoms. The molecule has 0 aliphatic heterocycles. The molecule has 114 valence electrons. The zero-order valence-electron chi connectivity index (χ0n) is 13.3. The summed E-state index contributed by atoms with van der Waals surface area (Å²) in [6.45, 7) is 7.40. The number of ketones is 1. The Bertz CT molecular complexity index is 523. The smallest absolute Gasteiger partial charge is 0.137 e. The number of hydrogen-bond donors (Lipinski definition) is 2. The quantitative estimate of drug-likeness (QED) is 0.898. The Hall–Kier alpha value is -1.61. The maximum atomic E-state index is 11.5. The summed E-state index contributed by atoms with van der Waals surface area (Å²) in [6, 6.07) is 8.69. The van der Waals surface area contributed by atoms with Gasteiger partial charge in [-0.1, -0.05) is 45.0 Å². The van der Waals surface area contributed by atoms with E-state index in [0.717, 1.165) is 18.5 Å². The van der Waals surface area contributed by atoms with Crippen LogP contribution in [-0.2, 0) is 16.8 Å². The molecule has 2 rings (SSSR count). The van der Waals surface area contributed by atoms with Crippen LogP contribution in [0, 0.1) is 0 Å². The van der Waals surface area contributed by atoms with Crippen LogP contribution in [0.1, 0.15) is 51.2 Å². The maximum Gasteiger partial charge on any atom is 0.137 e.